The zero-order valence-electron chi connectivity index (χ0n) is 10.9. The first kappa shape index (κ1) is 11.6. The van der Waals surface area contributed by atoms with Gasteiger partial charge in [-0.2, -0.15) is 0 Å². The van der Waals surface area contributed by atoms with Crippen LogP contribution >= 0.6 is 0 Å². The van der Waals surface area contributed by atoms with E-state index in [0.717, 1.165) is 30.9 Å². The molecule has 4 heteroatoms. The van der Waals surface area contributed by atoms with E-state index in [9.17, 15) is 0 Å². The summed E-state index contributed by atoms with van der Waals surface area (Å²) < 4.78 is 5.39. The molecule has 0 bridgehead atoms. The average molecular weight is 245 g/mol. The van der Waals surface area contributed by atoms with Crippen molar-refractivity contribution in [2.45, 2.75) is 6.04 Å². The minimum absolute atomic E-state index is 0.430. The van der Waals surface area contributed by atoms with Gasteiger partial charge in [-0.3, -0.25) is 4.90 Å². The fraction of sp³-hybridized carbons (Fsp3) is 0.429. The fourth-order valence-corrected chi connectivity index (χ4v) is 2.75. The highest BCUT2D eigenvalue weighted by Crippen LogP contribution is 2.32. The number of aromatic amines is 1. The van der Waals surface area contributed by atoms with Gasteiger partial charge >= 0.3 is 0 Å². The minimum Gasteiger partial charge on any atom is -0.495 e. The number of piperazine rings is 1. The summed E-state index contributed by atoms with van der Waals surface area (Å²) in [5, 5.41) is 4.72. The highest BCUT2D eigenvalue weighted by Gasteiger charge is 2.23. The number of likely N-dealkylation sites (N-methyl/N-ethyl adjacent to an activating group) is 1. The predicted octanol–water partition coefficient (Wildman–Crippen LogP) is 1.75. The Kier molecular flexibility index (Phi) is 2.97. The summed E-state index contributed by atoms with van der Waals surface area (Å²) >= 11 is 0. The Morgan fingerprint density at radius 1 is 1.39 bits per heavy atom. The standard InChI is InChI=1S/C14H19N3O/c1-17-7-6-15-9-12(17)11-8-16-14-10(11)4-3-5-13(14)18-2/h3-5,8,12,15-16H,6-7,9H2,1-2H3. The molecule has 1 unspecified atom stereocenters. The second kappa shape index (κ2) is 4.63. The molecule has 96 valence electrons. The van der Waals surface area contributed by atoms with Gasteiger partial charge in [-0.1, -0.05) is 12.1 Å². The van der Waals surface area contributed by atoms with Crippen LogP contribution in [0.25, 0.3) is 10.9 Å². The van der Waals surface area contributed by atoms with Crippen molar-refractivity contribution >= 4 is 10.9 Å². The number of hydrogen-bond acceptors (Lipinski definition) is 3. The molecule has 2 heterocycles. The summed E-state index contributed by atoms with van der Waals surface area (Å²) in [6.45, 7) is 3.15. The van der Waals surface area contributed by atoms with E-state index in [1.54, 1.807) is 7.11 Å². The van der Waals surface area contributed by atoms with Crippen LogP contribution in [0.3, 0.4) is 0 Å². The van der Waals surface area contributed by atoms with E-state index in [1.807, 2.05) is 6.07 Å². The number of nitrogens with zero attached hydrogens (tertiary/aromatic N) is 1. The molecule has 18 heavy (non-hydrogen) atoms. The van der Waals surface area contributed by atoms with Crippen LogP contribution in [0, 0.1) is 0 Å². The number of para-hydroxylation sites is 1. The molecule has 1 aliphatic rings. The molecule has 1 aromatic heterocycles. The largest absolute Gasteiger partial charge is 0.495 e. The van der Waals surface area contributed by atoms with Gasteiger partial charge in [0, 0.05) is 37.3 Å². The van der Waals surface area contributed by atoms with Crippen molar-refractivity contribution in [1.29, 1.82) is 0 Å². The van der Waals surface area contributed by atoms with Gasteiger partial charge in [0.05, 0.1) is 12.6 Å². The van der Waals surface area contributed by atoms with Gasteiger partial charge in [0.15, 0.2) is 0 Å². The summed E-state index contributed by atoms with van der Waals surface area (Å²) in [5.41, 5.74) is 2.44. The van der Waals surface area contributed by atoms with Crippen molar-refractivity contribution in [2.24, 2.45) is 0 Å². The zero-order chi connectivity index (χ0) is 12.5. The molecule has 1 aliphatic heterocycles. The van der Waals surface area contributed by atoms with Crippen molar-refractivity contribution in [2.75, 3.05) is 33.8 Å². The molecule has 1 fully saturated rings. The maximum atomic E-state index is 5.39. The lowest BCUT2D eigenvalue weighted by Gasteiger charge is -2.33. The van der Waals surface area contributed by atoms with Crippen molar-refractivity contribution in [1.82, 2.24) is 15.2 Å². The topological polar surface area (TPSA) is 40.3 Å². The molecule has 1 saturated heterocycles. The molecular formula is C14H19N3O. The SMILES string of the molecule is COc1cccc2c(C3CNCCN3C)c[nH]c12. The number of hydrogen-bond donors (Lipinski definition) is 2. The lowest BCUT2D eigenvalue weighted by atomic mass is 10.0. The number of ether oxygens (including phenoxy) is 1. The lowest BCUT2D eigenvalue weighted by molar-refractivity contribution is 0.203. The van der Waals surface area contributed by atoms with Crippen LogP contribution in [0.4, 0.5) is 0 Å². The number of rotatable bonds is 2. The number of H-pyrrole nitrogens is 1. The van der Waals surface area contributed by atoms with E-state index in [0.29, 0.717) is 6.04 Å². The van der Waals surface area contributed by atoms with E-state index in [2.05, 4.69) is 40.6 Å². The molecule has 1 aromatic carbocycles. The van der Waals surface area contributed by atoms with Crippen LogP contribution in [0.5, 0.6) is 5.75 Å². The third-order valence-electron chi connectivity index (χ3n) is 3.80. The molecular weight excluding hydrogens is 226 g/mol. The lowest BCUT2D eigenvalue weighted by Crippen LogP contribution is -2.43. The quantitative estimate of drug-likeness (QED) is 0.847. The normalized spacial score (nSPS) is 21.3. The molecule has 2 N–H and O–H groups in total. The maximum Gasteiger partial charge on any atom is 0.142 e. The highest BCUT2D eigenvalue weighted by molar-refractivity contribution is 5.88. The van der Waals surface area contributed by atoms with Crippen LogP contribution < -0.4 is 10.1 Å². The predicted molar refractivity (Wildman–Crippen MR) is 73.1 cm³/mol. The van der Waals surface area contributed by atoms with Gasteiger partial charge in [0.2, 0.25) is 0 Å². The molecule has 3 rings (SSSR count). The Balaban J connectivity index is 2.07. The fourth-order valence-electron chi connectivity index (χ4n) is 2.75. The van der Waals surface area contributed by atoms with E-state index in [1.165, 1.54) is 10.9 Å². The molecule has 2 aromatic rings. The van der Waals surface area contributed by atoms with E-state index >= 15 is 0 Å². The van der Waals surface area contributed by atoms with Crippen molar-refractivity contribution in [3.63, 3.8) is 0 Å². The Labute approximate surface area is 107 Å². The van der Waals surface area contributed by atoms with Gasteiger partial charge in [0.1, 0.15) is 5.75 Å². The highest BCUT2D eigenvalue weighted by atomic mass is 16.5. The Bertz CT molecular complexity index is 549. The number of benzene rings is 1. The summed E-state index contributed by atoms with van der Waals surface area (Å²) in [4.78, 5) is 5.75. The number of fused-ring (bicyclic) bond motifs is 1. The molecule has 0 radical (unpaired) electrons. The smallest absolute Gasteiger partial charge is 0.142 e. The summed E-state index contributed by atoms with van der Waals surface area (Å²) in [5.74, 6) is 0.908. The van der Waals surface area contributed by atoms with Gasteiger partial charge in [-0.05, 0) is 18.7 Å². The molecule has 0 spiro atoms. The third-order valence-corrected chi connectivity index (χ3v) is 3.80. The van der Waals surface area contributed by atoms with Gasteiger partial charge in [-0.25, -0.2) is 0 Å². The third kappa shape index (κ3) is 1.78. The summed E-state index contributed by atoms with van der Waals surface area (Å²) in [6.07, 6.45) is 2.11. The summed E-state index contributed by atoms with van der Waals surface area (Å²) in [6, 6.07) is 6.63. The average Bonchev–Trinajstić information content (AvgIpc) is 2.83. The first-order valence-electron chi connectivity index (χ1n) is 6.36. The van der Waals surface area contributed by atoms with Crippen LogP contribution in [0.2, 0.25) is 0 Å². The van der Waals surface area contributed by atoms with E-state index in [4.69, 9.17) is 4.74 Å². The molecule has 0 amide bonds. The zero-order valence-corrected chi connectivity index (χ0v) is 10.9. The van der Waals surface area contributed by atoms with Gasteiger partial charge in [-0.15, -0.1) is 0 Å². The van der Waals surface area contributed by atoms with Crippen LogP contribution in [-0.2, 0) is 0 Å². The van der Waals surface area contributed by atoms with Gasteiger partial charge in [0.25, 0.3) is 0 Å². The van der Waals surface area contributed by atoms with E-state index < -0.39 is 0 Å². The second-order valence-electron chi connectivity index (χ2n) is 4.83. The first-order chi connectivity index (χ1) is 8.81. The van der Waals surface area contributed by atoms with Crippen molar-refractivity contribution in [3.05, 3.63) is 30.0 Å². The maximum absolute atomic E-state index is 5.39. The molecule has 1 atom stereocenters. The van der Waals surface area contributed by atoms with E-state index in [-0.39, 0.29) is 0 Å². The van der Waals surface area contributed by atoms with Crippen molar-refractivity contribution in [3.8, 4) is 5.75 Å². The van der Waals surface area contributed by atoms with Crippen molar-refractivity contribution < 1.29 is 4.74 Å². The van der Waals surface area contributed by atoms with Crippen LogP contribution in [-0.4, -0.2) is 43.7 Å². The molecule has 0 saturated carbocycles. The second-order valence-corrected chi connectivity index (χ2v) is 4.83. The Morgan fingerprint density at radius 2 is 2.28 bits per heavy atom. The Hall–Kier alpha value is -1.52. The minimum atomic E-state index is 0.430. The van der Waals surface area contributed by atoms with Crippen LogP contribution in [0.15, 0.2) is 24.4 Å². The van der Waals surface area contributed by atoms with Gasteiger partial charge < -0.3 is 15.0 Å². The first-order valence-corrected chi connectivity index (χ1v) is 6.36. The molecule has 0 aliphatic carbocycles. The number of methoxy groups -OCH3 is 1. The Morgan fingerprint density at radius 3 is 3.06 bits per heavy atom. The molecule has 4 nitrogen and oxygen atoms in total. The monoisotopic (exact) mass is 245 g/mol. The number of aromatic nitrogens is 1. The summed E-state index contributed by atoms with van der Waals surface area (Å²) in [7, 11) is 3.90. The number of nitrogens with one attached hydrogen (secondary N) is 2. The van der Waals surface area contributed by atoms with Crippen LogP contribution in [0.1, 0.15) is 11.6 Å².